The molecular formula is C7H16N2. The Hall–Kier alpha value is -0.0800. The summed E-state index contributed by atoms with van der Waals surface area (Å²) in [4.78, 5) is 0. The first-order valence-electron chi connectivity index (χ1n) is 3.82. The predicted octanol–water partition coefficient (Wildman–Crippen LogP) is 0.476. The van der Waals surface area contributed by atoms with E-state index in [1.54, 1.807) is 0 Å². The van der Waals surface area contributed by atoms with Crippen molar-refractivity contribution in [2.45, 2.75) is 38.3 Å². The molecule has 0 saturated carbocycles. The summed E-state index contributed by atoms with van der Waals surface area (Å²) in [6.07, 6.45) is 3.70. The van der Waals surface area contributed by atoms with Crippen molar-refractivity contribution >= 4 is 0 Å². The molecule has 0 amide bonds. The zero-order valence-corrected chi connectivity index (χ0v) is 6.06. The first-order chi connectivity index (χ1) is 4.33. The third-order valence-electron chi connectivity index (χ3n) is 2.05. The number of hydrogen-bond donors (Lipinski definition) is 2. The first-order valence-corrected chi connectivity index (χ1v) is 3.82. The highest BCUT2D eigenvalue weighted by Gasteiger charge is 2.14. The SMILES string of the molecule is CC[C@H]1CC[C@@H](N)CN1. The number of piperidine rings is 1. The summed E-state index contributed by atoms with van der Waals surface area (Å²) in [6.45, 7) is 3.23. The van der Waals surface area contributed by atoms with Gasteiger partial charge in [-0.2, -0.15) is 0 Å². The third-order valence-corrected chi connectivity index (χ3v) is 2.05. The molecule has 0 aromatic heterocycles. The fraction of sp³-hybridized carbons (Fsp3) is 1.00. The normalized spacial score (nSPS) is 36.7. The van der Waals surface area contributed by atoms with Gasteiger partial charge in [-0.25, -0.2) is 0 Å². The van der Waals surface area contributed by atoms with Gasteiger partial charge < -0.3 is 11.1 Å². The average molecular weight is 128 g/mol. The van der Waals surface area contributed by atoms with Crippen LogP contribution in [0, 0.1) is 0 Å². The topological polar surface area (TPSA) is 38.0 Å². The minimum atomic E-state index is 0.410. The molecule has 0 bridgehead atoms. The van der Waals surface area contributed by atoms with E-state index in [0.29, 0.717) is 6.04 Å². The van der Waals surface area contributed by atoms with Crippen LogP contribution in [0.15, 0.2) is 0 Å². The molecule has 1 heterocycles. The van der Waals surface area contributed by atoms with Gasteiger partial charge in [0, 0.05) is 18.6 Å². The van der Waals surface area contributed by atoms with Crippen molar-refractivity contribution in [2.24, 2.45) is 5.73 Å². The van der Waals surface area contributed by atoms with E-state index in [0.717, 1.165) is 12.6 Å². The van der Waals surface area contributed by atoms with Gasteiger partial charge in [0.15, 0.2) is 0 Å². The lowest BCUT2D eigenvalue weighted by molar-refractivity contribution is 0.359. The predicted molar refractivity (Wildman–Crippen MR) is 39.3 cm³/mol. The van der Waals surface area contributed by atoms with Crippen LogP contribution in [0.5, 0.6) is 0 Å². The Morgan fingerprint density at radius 2 is 2.33 bits per heavy atom. The average Bonchev–Trinajstić information content (AvgIpc) is 1.90. The summed E-state index contributed by atoms with van der Waals surface area (Å²) in [7, 11) is 0. The minimum absolute atomic E-state index is 0.410. The van der Waals surface area contributed by atoms with E-state index in [1.807, 2.05) is 0 Å². The molecule has 3 N–H and O–H groups in total. The maximum atomic E-state index is 5.69. The molecule has 0 aliphatic carbocycles. The standard InChI is InChI=1S/C7H16N2/c1-2-7-4-3-6(8)5-9-7/h6-7,9H,2-5,8H2,1H3/t6-,7+/m1/s1. The van der Waals surface area contributed by atoms with Crippen molar-refractivity contribution in [3.63, 3.8) is 0 Å². The fourth-order valence-corrected chi connectivity index (χ4v) is 1.29. The molecule has 1 rings (SSSR count). The second kappa shape index (κ2) is 3.18. The van der Waals surface area contributed by atoms with E-state index in [1.165, 1.54) is 19.3 Å². The maximum Gasteiger partial charge on any atom is 0.0165 e. The van der Waals surface area contributed by atoms with E-state index in [-0.39, 0.29) is 0 Å². The third kappa shape index (κ3) is 1.95. The van der Waals surface area contributed by atoms with Crippen LogP contribution in [0.4, 0.5) is 0 Å². The molecule has 2 atom stereocenters. The van der Waals surface area contributed by atoms with Crippen molar-refractivity contribution in [1.82, 2.24) is 5.32 Å². The van der Waals surface area contributed by atoms with Gasteiger partial charge in [0.1, 0.15) is 0 Å². The molecule has 9 heavy (non-hydrogen) atoms. The second-order valence-electron chi connectivity index (χ2n) is 2.85. The van der Waals surface area contributed by atoms with Crippen LogP contribution >= 0.6 is 0 Å². The van der Waals surface area contributed by atoms with E-state index in [4.69, 9.17) is 5.73 Å². The smallest absolute Gasteiger partial charge is 0.0165 e. The van der Waals surface area contributed by atoms with Crippen LogP contribution in [0.1, 0.15) is 26.2 Å². The zero-order chi connectivity index (χ0) is 6.69. The highest BCUT2D eigenvalue weighted by molar-refractivity contribution is 4.78. The zero-order valence-electron chi connectivity index (χ0n) is 6.06. The highest BCUT2D eigenvalue weighted by atomic mass is 15.0. The molecule has 0 spiro atoms. The second-order valence-corrected chi connectivity index (χ2v) is 2.85. The molecule has 0 unspecified atom stereocenters. The minimum Gasteiger partial charge on any atom is -0.327 e. The van der Waals surface area contributed by atoms with Crippen LogP contribution in [-0.4, -0.2) is 18.6 Å². The van der Waals surface area contributed by atoms with Crippen LogP contribution < -0.4 is 11.1 Å². The molecule has 2 heteroatoms. The molecule has 2 nitrogen and oxygen atoms in total. The molecule has 1 aliphatic rings. The van der Waals surface area contributed by atoms with Crippen molar-refractivity contribution in [1.29, 1.82) is 0 Å². The lowest BCUT2D eigenvalue weighted by atomic mass is 10.00. The molecule has 0 aromatic rings. The first kappa shape index (κ1) is 7.03. The van der Waals surface area contributed by atoms with Gasteiger partial charge >= 0.3 is 0 Å². The molecule has 1 fully saturated rings. The number of nitrogens with one attached hydrogen (secondary N) is 1. The Labute approximate surface area is 56.8 Å². The van der Waals surface area contributed by atoms with Crippen molar-refractivity contribution in [2.75, 3.05) is 6.54 Å². The highest BCUT2D eigenvalue weighted by Crippen LogP contribution is 2.08. The van der Waals surface area contributed by atoms with Gasteiger partial charge in [-0.1, -0.05) is 6.92 Å². The maximum absolute atomic E-state index is 5.69. The van der Waals surface area contributed by atoms with E-state index in [2.05, 4.69) is 12.2 Å². The molecule has 0 aromatic carbocycles. The Bertz CT molecular complexity index is 75.0. The number of nitrogens with two attached hydrogens (primary N) is 1. The molecular weight excluding hydrogens is 112 g/mol. The Kier molecular flexibility index (Phi) is 2.49. The van der Waals surface area contributed by atoms with Crippen molar-refractivity contribution < 1.29 is 0 Å². The van der Waals surface area contributed by atoms with E-state index >= 15 is 0 Å². The quantitative estimate of drug-likeness (QED) is 0.539. The van der Waals surface area contributed by atoms with E-state index < -0.39 is 0 Å². The summed E-state index contributed by atoms with van der Waals surface area (Å²) in [5.41, 5.74) is 5.69. The Morgan fingerprint density at radius 1 is 1.56 bits per heavy atom. The van der Waals surface area contributed by atoms with Gasteiger partial charge in [0.05, 0.1) is 0 Å². The van der Waals surface area contributed by atoms with Crippen molar-refractivity contribution in [3.8, 4) is 0 Å². The van der Waals surface area contributed by atoms with Crippen molar-refractivity contribution in [3.05, 3.63) is 0 Å². The van der Waals surface area contributed by atoms with Gasteiger partial charge in [-0.15, -0.1) is 0 Å². The fourth-order valence-electron chi connectivity index (χ4n) is 1.29. The Morgan fingerprint density at radius 3 is 2.78 bits per heavy atom. The van der Waals surface area contributed by atoms with Crippen LogP contribution in [0.2, 0.25) is 0 Å². The summed E-state index contributed by atoms with van der Waals surface area (Å²) >= 11 is 0. The summed E-state index contributed by atoms with van der Waals surface area (Å²) in [5, 5.41) is 3.39. The van der Waals surface area contributed by atoms with Gasteiger partial charge in [-0.05, 0) is 19.3 Å². The lowest BCUT2D eigenvalue weighted by Crippen LogP contribution is -2.44. The summed E-state index contributed by atoms with van der Waals surface area (Å²) in [5.74, 6) is 0. The molecule has 1 aliphatic heterocycles. The van der Waals surface area contributed by atoms with Crippen LogP contribution in [-0.2, 0) is 0 Å². The molecule has 1 saturated heterocycles. The van der Waals surface area contributed by atoms with Crippen LogP contribution in [0.3, 0.4) is 0 Å². The number of rotatable bonds is 1. The lowest BCUT2D eigenvalue weighted by Gasteiger charge is -2.26. The van der Waals surface area contributed by atoms with Crippen LogP contribution in [0.25, 0.3) is 0 Å². The number of hydrogen-bond acceptors (Lipinski definition) is 2. The van der Waals surface area contributed by atoms with Gasteiger partial charge in [-0.3, -0.25) is 0 Å². The molecule has 54 valence electrons. The van der Waals surface area contributed by atoms with Gasteiger partial charge in [0.25, 0.3) is 0 Å². The van der Waals surface area contributed by atoms with E-state index in [9.17, 15) is 0 Å². The summed E-state index contributed by atoms with van der Waals surface area (Å²) < 4.78 is 0. The van der Waals surface area contributed by atoms with Gasteiger partial charge in [0.2, 0.25) is 0 Å². The largest absolute Gasteiger partial charge is 0.327 e. The summed E-state index contributed by atoms with van der Waals surface area (Å²) in [6, 6.07) is 1.15. The Balaban J connectivity index is 2.18. The molecule has 0 radical (unpaired) electrons. The monoisotopic (exact) mass is 128 g/mol.